The van der Waals surface area contributed by atoms with Gasteiger partial charge in [0.2, 0.25) is 0 Å². The SMILES string of the molecule is COCc1cc(C(=O)NCc2nc3ccccc3[nH]2)no1. The zero-order valence-corrected chi connectivity index (χ0v) is 11.4. The van der Waals surface area contributed by atoms with E-state index in [1.54, 1.807) is 13.2 Å². The summed E-state index contributed by atoms with van der Waals surface area (Å²) in [5, 5.41) is 6.43. The van der Waals surface area contributed by atoms with Gasteiger partial charge in [-0.25, -0.2) is 4.98 Å². The number of benzene rings is 1. The number of carbonyl (C=O) groups excluding carboxylic acids is 1. The van der Waals surface area contributed by atoms with E-state index in [1.165, 1.54) is 0 Å². The number of ether oxygens (including phenoxy) is 1. The molecule has 2 N–H and O–H groups in total. The van der Waals surface area contributed by atoms with Crippen LogP contribution < -0.4 is 5.32 Å². The highest BCUT2D eigenvalue weighted by Gasteiger charge is 2.13. The van der Waals surface area contributed by atoms with Gasteiger partial charge in [0.05, 0.1) is 17.6 Å². The molecule has 0 saturated carbocycles. The molecular formula is C14H14N4O3. The number of methoxy groups -OCH3 is 1. The summed E-state index contributed by atoms with van der Waals surface area (Å²) in [5.41, 5.74) is 2.02. The van der Waals surface area contributed by atoms with Crippen LogP contribution in [-0.4, -0.2) is 28.1 Å². The maximum absolute atomic E-state index is 11.9. The Morgan fingerprint density at radius 1 is 1.43 bits per heavy atom. The zero-order chi connectivity index (χ0) is 14.7. The van der Waals surface area contributed by atoms with E-state index in [4.69, 9.17) is 9.26 Å². The van der Waals surface area contributed by atoms with Gasteiger partial charge >= 0.3 is 0 Å². The molecule has 0 spiro atoms. The van der Waals surface area contributed by atoms with Gasteiger partial charge in [-0.3, -0.25) is 4.79 Å². The Bertz CT molecular complexity index is 729. The second-order valence-electron chi connectivity index (χ2n) is 4.49. The lowest BCUT2D eigenvalue weighted by Gasteiger charge is -1.98. The normalized spacial score (nSPS) is 10.9. The van der Waals surface area contributed by atoms with E-state index in [2.05, 4.69) is 20.4 Å². The number of H-pyrrole nitrogens is 1. The number of nitrogens with zero attached hydrogens (tertiary/aromatic N) is 2. The second-order valence-corrected chi connectivity index (χ2v) is 4.49. The largest absolute Gasteiger partial charge is 0.377 e. The first-order chi connectivity index (χ1) is 10.3. The van der Waals surface area contributed by atoms with E-state index in [0.717, 1.165) is 11.0 Å². The van der Waals surface area contributed by atoms with Crippen molar-refractivity contribution < 1.29 is 14.1 Å². The lowest BCUT2D eigenvalue weighted by atomic mass is 10.3. The van der Waals surface area contributed by atoms with Gasteiger partial charge in [-0.2, -0.15) is 0 Å². The van der Waals surface area contributed by atoms with E-state index >= 15 is 0 Å². The summed E-state index contributed by atoms with van der Waals surface area (Å²) < 4.78 is 9.87. The van der Waals surface area contributed by atoms with Crippen LogP contribution in [0, 0.1) is 0 Å². The molecule has 7 heteroatoms. The quantitative estimate of drug-likeness (QED) is 0.743. The Morgan fingerprint density at radius 3 is 3.10 bits per heavy atom. The minimum Gasteiger partial charge on any atom is -0.377 e. The molecule has 0 fully saturated rings. The number of para-hydroxylation sites is 2. The van der Waals surface area contributed by atoms with Crippen molar-refractivity contribution in [1.82, 2.24) is 20.4 Å². The van der Waals surface area contributed by atoms with Crippen molar-refractivity contribution in [2.75, 3.05) is 7.11 Å². The summed E-state index contributed by atoms with van der Waals surface area (Å²) >= 11 is 0. The maximum atomic E-state index is 11.9. The lowest BCUT2D eigenvalue weighted by Crippen LogP contribution is -2.23. The minimum atomic E-state index is -0.318. The summed E-state index contributed by atoms with van der Waals surface area (Å²) in [6.07, 6.45) is 0. The highest BCUT2D eigenvalue weighted by Crippen LogP contribution is 2.10. The molecule has 0 aliphatic rings. The number of fused-ring (bicyclic) bond motifs is 1. The first-order valence-electron chi connectivity index (χ1n) is 6.42. The molecule has 0 aliphatic heterocycles. The fourth-order valence-corrected chi connectivity index (χ4v) is 1.97. The Balaban J connectivity index is 1.64. The molecule has 0 radical (unpaired) electrons. The van der Waals surface area contributed by atoms with E-state index in [-0.39, 0.29) is 18.2 Å². The number of hydrogen-bond acceptors (Lipinski definition) is 5. The number of imidazole rings is 1. The Morgan fingerprint density at radius 2 is 2.29 bits per heavy atom. The Kier molecular flexibility index (Phi) is 3.65. The van der Waals surface area contributed by atoms with Crippen molar-refractivity contribution in [3.63, 3.8) is 0 Å². The van der Waals surface area contributed by atoms with Crippen LogP contribution in [0.3, 0.4) is 0 Å². The van der Waals surface area contributed by atoms with Crippen LogP contribution in [0.2, 0.25) is 0 Å². The standard InChI is InChI=1S/C14H14N4O3/c1-20-8-9-6-12(18-21-9)14(19)15-7-13-16-10-4-2-3-5-11(10)17-13/h2-6H,7-8H2,1H3,(H,15,19)(H,16,17). The Hall–Kier alpha value is -2.67. The zero-order valence-electron chi connectivity index (χ0n) is 11.4. The summed E-state index contributed by atoms with van der Waals surface area (Å²) in [6, 6.07) is 9.24. The van der Waals surface area contributed by atoms with Crippen LogP contribution in [0.25, 0.3) is 11.0 Å². The van der Waals surface area contributed by atoms with Crippen molar-refractivity contribution in [3.8, 4) is 0 Å². The third-order valence-corrected chi connectivity index (χ3v) is 2.93. The fraction of sp³-hybridized carbons (Fsp3) is 0.214. The third-order valence-electron chi connectivity index (χ3n) is 2.93. The van der Waals surface area contributed by atoms with Crippen molar-refractivity contribution >= 4 is 16.9 Å². The average Bonchev–Trinajstić information content (AvgIpc) is 3.11. The Labute approximate surface area is 120 Å². The highest BCUT2D eigenvalue weighted by molar-refractivity contribution is 5.92. The highest BCUT2D eigenvalue weighted by atomic mass is 16.5. The van der Waals surface area contributed by atoms with Gasteiger partial charge in [-0.1, -0.05) is 17.3 Å². The van der Waals surface area contributed by atoms with Crippen LogP contribution >= 0.6 is 0 Å². The number of aromatic nitrogens is 3. The third kappa shape index (κ3) is 2.92. The van der Waals surface area contributed by atoms with Crippen LogP contribution in [-0.2, 0) is 17.9 Å². The molecule has 2 aromatic heterocycles. The van der Waals surface area contributed by atoms with Gasteiger partial charge in [-0.05, 0) is 12.1 Å². The molecule has 0 atom stereocenters. The van der Waals surface area contributed by atoms with Crippen LogP contribution in [0.15, 0.2) is 34.9 Å². The molecule has 0 saturated heterocycles. The van der Waals surface area contributed by atoms with Crippen molar-refractivity contribution in [1.29, 1.82) is 0 Å². The van der Waals surface area contributed by atoms with Crippen molar-refractivity contribution in [2.45, 2.75) is 13.2 Å². The first kappa shape index (κ1) is 13.3. The predicted octanol–water partition coefficient (Wildman–Crippen LogP) is 1.63. The number of rotatable bonds is 5. The molecule has 21 heavy (non-hydrogen) atoms. The van der Waals surface area contributed by atoms with Crippen molar-refractivity contribution in [2.24, 2.45) is 0 Å². The summed E-state index contributed by atoms with van der Waals surface area (Å²) in [7, 11) is 1.55. The van der Waals surface area contributed by atoms with Crippen LogP contribution in [0.5, 0.6) is 0 Å². The predicted molar refractivity (Wildman–Crippen MR) is 74.5 cm³/mol. The molecule has 3 rings (SSSR count). The number of aromatic amines is 1. The van der Waals surface area contributed by atoms with Gasteiger partial charge in [0.15, 0.2) is 11.5 Å². The van der Waals surface area contributed by atoms with Crippen LogP contribution in [0.1, 0.15) is 22.1 Å². The molecule has 0 unspecified atom stereocenters. The minimum absolute atomic E-state index is 0.221. The monoisotopic (exact) mass is 286 g/mol. The number of nitrogens with one attached hydrogen (secondary N) is 2. The number of carbonyl (C=O) groups is 1. The summed E-state index contributed by atoms with van der Waals surface area (Å²) in [4.78, 5) is 19.5. The van der Waals surface area contributed by atoms with Crippen molar-refractivity contribution in [3.05, 3.63) is 47.6 Å². The maximum Gasteiger partial charge on any atom is 0.273 e. The molecule has 2 heterocycles. The van der Waals surface area contributed by atoms with Gasteiger partial charge in [-0.15, -0.1) is 0 Å². The van der Waals surface area contributed by atoms with Gasteiger partial charge in [0.25, 0.3) is 5.91 Å². The van der Waals surface area contributed by atoms with E-state index in [1.807, 2.05) is 24.3 Å². The molecule has 0 aliphatic carbocycles. The smallest absolute Gasteiger partial charge is 0.273 e. The number of hydrogen-bond donors (Lipinski definition) is 2. The molecule has 1 amide bonds. The van der Waals surface area contributed by atoms with Gasteiger partial charge in [0.1, 0.15) is 12.4 Å². The molecular weight excluding hydrogens is 272 g/mol. The lowest BCUT2D eigenvalue weighted by molar-refractivity contribution is 0.0940. The van der Waals surface area contributed by atoms with Gasteiger partial charge in [0, 0.05) is 13.2 Å². The number of amides is 1. The average molecular weight is 286 g/mol. The van der Waals surface area contributed by atoms with E-state index < -0.39 is 0 Å². The molecule has 0 bridgehead atoms. The fourth-order valence-electron chi connectivity index (χ4n) is 1.97. The van der Waals surface area contributed by atoms with E-state index in [9.17, 15) is 4.79 Å². The summed E-state index contributed by atoms with van der Waals surface area (Å²) in [5.74, 6) is 0.873. The molecule has 108 valence electrons. The molecule has 1 aromatic carbocycles. The van der Waals surface area contributed by atoms with Gasteiger partial charge < -0.3 is 19.6 Å². The summed E-state index contributed by atoms with van der Waals surface area (Å²) in [6.45, 7) is 0.573. The van der Waals surface area contributed by atoms with E-state index in [0.29, 0.717) is 18.1 Å². The molecule has 7 nitrogen and oxygen atoms in total. The first-order valence-corrected chi connectivity index (χ1v) is 6.42. The topological polar surface area (TPSA) is 93.0 Å². The second kappa shape index (κ2) is 5.76. The molecule has 3 aromatic rings. The van der Waals surface area contributed by atoms with Crippen LogP contribution in [0.4, 0.5) is 0 Å².